The smallest absolute Gasteiger partial charge is 0.190 e. The fraction of sp³-hybridized carbons (Fsp3) is 0.0833. The molecule has 1 heteroatoms. The van der Waals surface area contributed by atoms with Crippen molar-refractivity contribution in [2.24, 2.45) is 0 Å². The first kappa shape index (κ1) is 7.82. The van der Waals surface area contributed by atoms with E-state index in [9.17, 15) is 0 Å². The maximum absolute atomic E-state index is 6.98. The molecule has 0 atom stereocenters. The summed E-state index contributed by atoms with van der Waals surface area (Å²) in [6, 6.07) is 12.1. The van der Waals surface area contributed by atoms with E-state index in [1.807, 2.05) is 31.2 Å². The van der Waals surface area contributed by atoms with Crippen molar-refractivity contribution in [3.8, 4) is 0 Å². The van der Waals surface area contributed by atoms with E-state index in [1.165, 1.54) is 5.39 Å². The summed E-state index contributed by atoms with van der Waals surface area (Å²) in [4.78, 5) is 3.47. The van der Waals surface area contributed by atoms with Gasteiger partial charge in [-0.15, -0.1) is 0 Å². The lowest BCUT2D eigenvalue weighted by Gasteiger charge is -2.00. The molecule has 0 bridgehead atoms. The lowest BCUT2D eigenvalue weighted by Crippen LogP contribution is -1.75. The Morgan fingerprint density at radius 1 is 1.08 bits per heavy atom. The molecule has 0 aromatic heterocycles. The quantitative estimate of drug-likeness (QED) is 0.527. The summed E-state index contributed by atoms with van der Waals surface area (Å²) in [6.07, 6.45) is 0. The molecule has 62 valence electrons. The largest absolute Gasteiger partial charge is 0.238 e. The van der Waals surface area contributed by atoms with Gasteiger partial charge in [0.1, 0.15) is 0 Å². The lowest BCUT2D eigenvalue weighted by atomic mass is 10.1. The molecule has 0 N–H and O–H groups in total. The molecule has 0 saturated carbocycles. The second-order valence-electron chi connectivity index (χ2n) is 3.10. The molecule has 0 radical (unpaired) electrons. The second-order valence-corrected chi connectivity index (χ2v) is 3.10. The summed E-state index contributed by atoms with van der Waals surface area (Å²) < 4.78 is 0. The van der Waals surface area contributed by atoms with E-state index in [-0.39, 0.29) is 0 Å². The minimum atomic E-state index is 0.749. The number of nitrogens with zero attached hydrogens (tertiary/aromatic N) is 1. The Bertz CT molecular complexity index is 492. The minimum Gasteiger partial charge on any atom is -0.238 e. The van der Waals surface area contributed by atoms with Crippen LogP contribution in [0.15, 0.2) is 36.4 Å². The Labute approximate surface area is 77.4 Å². The zero-order chi connectivity index (χ0) is 9.26. The summed E-state index contributed by atoms with van der Waals surface area (Å²) in [7, 11) is 0. The van der Waals surface area contributed by atoms with Crippen molar-refractivity contribution in [1.29, 1.82) is 0 Å². The second kappa shape index (κ2) is 2.91. The Morgan fingerprint density at radius 3 is 2.31 bits per heavy atom. The van der Waals surface area contributed by atoms with E-state index in [4.69, 9.17) is 6.57 Å². The summed E-state index contributed by atoms with van der Waals surface area (Å²) in [5.74, 6) is 0. The number of benzene rings is 2. The van der Waals surface area contributed by atoms with Gasteiger partial charge in [0.15, 0.2) is 5.69 Å². The minimum absolute atomic E-state index is 0.749. The van der Waals surface area contributed by atoms with Crippen LogP contribution in [0, 0.1) is 13.5 Å². The van der Waals surface area contributed by atoms with Crippen molar-refractivity contribution in [3.05, 3.63) is 53.4 Å². The zero-order valence-electron chi connectivity index (χ0n) is 7.41. The standard InChI is InChI=1S/C12H9N/c1-9-7-10-5-3-4-6-11(10)8-12(9)13-2/h3-8H,1H3. The van der Waals surface area contributed by atoms with Gasteiger partial charge in [0.25, 0.3) is 0 Å². The first-order valence-corrected chi connectivity index (χ1v) is 4.18. The van der Waals surface area contributed by atoms with Crippen LogP contribution in [-0.4, -0.2) is 0 Å². The fourth-order valence-corrected chi connectivity index (χ4v) is 1.46. The summed E-state index contributed by atoms with van der Waals surface area (Å²) in [6.45, 7) is 8.96. The van der Waals surface area contributed by atoms with Crippen molar-refractivity contribution in [2.45, 2.75) is 6.92 Å². The predicted octanol–water partition coefficient (Wildman–Crippen LogP) is 3.70. The third-order valence-corrected chi connectivity index (χ3v) is 2.18. The number of hydrogen-bond acceptors (Lipinski definition) is 0. The molecular formula is C12H9N. The van der Waals surface area contributed by atoms with Gasteiger partial charge in [0.05, 0.1) is 6.57 Å². The molecule has 0 aliphatic rings. The van der Waals surface area contributed by atoms with Gasteiger partial charge in [0, 0.05) is 0 Å². The topological polar surface area (TPSA) is 4.36 Å². The van der Waals surface area contributed by atoms with Gasteiger partial charge in [-0.1, -0.05) is 30.3 Å². The van der Waals surface area contributed by atoms with Gasteiger partial charge in [0.2, 0.25) is 0 Å². The third-order valence-electron chi connectivity index (χ3n) is 2.18. The Morgan fingerprint density at radius 2 is 1.69 bits per heavy atom. The van der Waals surface area contributed by atoms with E-state index in [0.717, 1.165) is 16.6 Å². The van der Waals surface area contributed by atoms with E-state index >= 15 is 0 Å². The summed E-state index contributed by atoms with van der Waals surface area (Å²) in [5, 5.41) is 2.34. The van der Waals surface area contributed by atoms with Crippen LogP contribution in [0.2, 0.25) is 0 Å². The molecule has 0 amide bonds. The van der Waals surface area contributed by atoms with Gasteiger partial charge in [-0.05, 0) is 29.3 Å². The average molecular weight is 167 g/mol. The molecule has 2 aromatic carbocycles. The van der Waals surface area contributed by atoms with Gasteiger partial charge in [-0.3, -0.25) is 0 Å². The highest BCUT2D eigenvalue weighted by Crippen LogP contribution is 2.25. The van der Waals surface area contributed by atoms with Crippen LogP contribution < -0.4 is 0 Å². The Hall–Kier alpha value is -1.81. The molecule has 1 nitrogen and oxygen atoms in total. The molecule has 0 aliphatic heterocycles. The van der Waals surface area contributed by atoms with E-state index < -0.39 is 0 Å². The average Bonchev–Trinajstić information content (AvgIpc) is 2.17. The SMILES string of the molecule is [C-]#[N+]c1cc2ccccc2cc1C. The molecule has 0 spiro atoms. The Balaban J connectivity index is 2.83. The molecule has 0 aliphatic carbocycles. The molecule has 0 unspecified atom stereocenters. The van der Waals surface area contributed by atoms with Crippen LogP contribution in [0.4, 0.5) is 5.69 Å². The molecular weight excluding hydrogens is 158 g/mol. The molecule has 2 rings (SSSR count). The Kier molecular flexibility index (Phi) is 1.75. The zero-order valence-corrected chi connectivity index (χ0v) is 7.41. The van der Waals surface area contributed by atoms with Crippen molar-refractivity contribution in [1.82, 2.24) is 0 Å². The fourth-order valence-electron chi connectivity index (χ4n) is 1.46. The molecule has 0 heterocycles. The van der Waals surface area contributed by atoms with Crippen molar-refractivity contribution in [3.63, 3.8) is 0 Å². The van der Waals surface area contributed by atoms with Crippen LogP contribution >= 0.6 is 0 Å². The van der Waals surface area contributed by atoms with Crippen molar-refractivity contribution in [2.75, 3.05) is 0 Å². The van der Waals surface area contributed by atoms with Gasteiger partial charge >= 0.3 is 0 Å². The number of rotatable bonds is 0. The van der Waals surface area contributed by atoms with Gasteiger partial charge < -0.3 is 0 Å². The predicted molar refractivity (Wildman–Crippen MR) is 54.9 cm³/mol. The monoisotopic (exact) mass is 167 g/mol. The van der Waals surface area contributed by atoms with Crippen LogP contribution in [0.25, 0.3) is 15.6 Å². The molecule has 2 aromatic rings. The van der Waals surface area contributed by atoms with E-state index in [2.05, 4.69) is 17.0 Å². The maximum Gasteiger partial charge on any atom is 0.190 e. The first-order valence-electron chi connectivity index (χ1n) is 4.18. The first-order chi connectivity index (χ1) is 6.31. The third kappa shape index (κ3) is 1.27. The number of hydrogen-bond donors (Lipinski definition) is 0. The van der Waals surface area contributed by atoms with Gasteiger partial charge in [-0.2, -0.15) is 0 Å². The van der Waals surface area contributed by atoms with Crippen molar-refractivity contribution < 1.29 is 0 Å². The molecule has 13 heavy (non-hydrogen) atoms. The van der Waals surface area contributed by atoms with E-state index in [0.29, 0.717) is 0 Å². The van der Waals surface area contributed by atoms with Crippen molar-refractivity contribution >= 4 is 16.5 Å². The molecule has 0 saturated heterocycles. The summed E-state index contributed by atoms with van der Waals surface area (Å²) in [5.41, 5.74) is 1.80. The van der Waals surface area contributed by atoms with Crippen LogP contribution in [0.1, 0.15) is 5.56 Å². The lowest BCUT2D eigenvalue weighted by molar-refractivity contribution is 1.52. The highest BCUT2D eigenvalue weighted by atomic mass is 14.6. The maximum atomic E-state index is 6.98. The van der Waals surface area contributed by atoms with Gasteiger partial charge in [-0.25, -0.2) is 4.85 Å². The summed E-state index contributed by atoms with van der Waals surface area (Å²) >= 11 is 0. The van der Waals surface area contributed by atoms with E-state index in [1.54, 1.807) is 0 Å². The molecule has 0 fully saturated rings. The number of aryl methyl sites for hydroxylation is 1. The highest BCUT2D eigenvalue weighted by molar-refractivity contribution is 5.87. The highest BCUT2D eigenvalue weighted by Gasteiger charge is 1.99. The van der Waals surface area contributed by atoms with Crippen LogP contribution in [0.5, 0.6) is 0 Å². The van der Waals surface area contributed by atoms with Crippen LogP contribution in [0.3, 0.4) is 0 Å². The van der Waals surface area contributed by atoms with Crippen LogP contribution in [-0.2, 0) is 0 Å². The normalized spacial score (nSPS) is 9.85. The number of fused-ring (bicyclic) bond motifs is 1.